The number of rotatable bonds is 7. The van der Waals surface area contributed by atoms with Crippen molar-refractivity contribution < 1.29 is 0 Å². The molecule has 0 aliphatic rings. The number of hydrogen-bond donors (Lipinski definition) is 1. The predicted molar refractivity (Wildman–Crippen MR) is 80.1 cm³/mol. The highest BCUT2D eigenvalue weighted by Gasteiger charge is 2.26. The molecule has 0 radical (unpaired) electrons. The molecule has 0 aliphatic heterocycles. The van der Waals surface area contributed by atoms with Crippen LogP contribution in [0.3, 0.4) is 0 Å². The third kappa shape index (κ3) is 4.34. The van der Waals surface area contributed by atoms with E-state index < -0.39 is 0 Å². The number of aromatic nitrogens is 1. The Morgan fingerprint density at radius 2 is 2.17 bits per heavy atom. The molecule has 104 valence electrons. The van der Waals surface area contributed by atoms with Gasteiger partial charge < -0.3 is 10.2 Å². The van der Waals surface area contributed by atoms with Crippen LogP contribution in [0.4, 0.5) is 0 Å². The van der Waals surface area contributed by atoms with Gasteiger partial charge in [-0.3, -0.25) is 0 Å². The van der Waals surface area contributed by atoms with Crippen molar-refractivity contribution >= 4 is 11.3 Å². The normalized spacial score (nSPS) is 14.2. The summed E-state index contributed by atoms with van der Waals surface area (Å²) >= 11 is 1.75. The summed E-state index contributed by atoms with van der Waals surface area (Å²) in [5.74, 6) is 0. The van der Waals surface area contributed by atoms with Crippen LogP contribution in [0.15, 0.2) is 5.51 Å². The van der Waals surface area contributed by atoms with Crippen molar-refractivity contribution in [2.24, 2.45) is 5.41 Å². The topological polar surface area (TPSA) is 28.2 Å². The summed E-state index contributed by atoms with van der Waals surface area (Å²) in [6.07, 6.45) is 0. The summed E-state index contributed by atoms with van der Waals surface area (Å²) in [7, 11) is 2.19. The average Bonchev–Trinajstić information content (AvgIpc) is 2.63. The van der Waals surface area contributed by atoms with Crippen molar-refractivity contribution in [3.05, 3.63) is 16.1 Å². The maximum Gasteiger partial charge on any atom is 0.0798 e. The van der Waals surface area contributed by atoms with Crippen LogP contribution in [0.25, 0.3) is 0 Å². The summed E-state index contributed by atoms with van der Waals surface area (Å²) in [5, 5.41) is 3.52. The molecule has 1 atom stereocenters. The zero-order valence-electron chi connectivity index (χ0n) is 12.6. The summed E-state index contributed by atoms with van der Waals surface area (Å²) in [4.78, 5) is 8.09. The van der Waals surface area contributed by atoms with Gasteiger partial charge in [0.1, 0.15) is 0 Å². The highest BCUT2D eigenvalue weighted by Crippen LogP contribution is 2.23. The Balaban J connectivity index is 2.53. The van der Waals surface area contributed by atoms with E-state index >= 15 is 0 Å². The van der Waals surface area contributed by atoms with Crippen LogP contribution in [0, 0.1) is 12.3 Å². The van der Waals surface area contributed by atoms with Crippen LogP contribution in [0.1, 0.15) is 38.3 Å². The first-order chi connectivity index (χ1) is 8.36. The average molecular weight is 269 g/mol. The lowest BCUT2D eigenvalue weighted by Gasteiger charge is -2.36. The molecule has 1 heterocycles. The summed E-state index contributed by atoms with van der Waals surface area (Å²) in [6.45, 7) is 14.3. The van der Waals surface area contributed by atoms with E-state index in [1.54, 1.807) is 11.3 Å². The minimum atomic E-state index is 0.267. The third-order valence-electron chi connectivity index (χ3n) is 3.62. The van der Waals surface area contributed by atoms with Crippen LogP contribution in [0.2, 0.25) is 0 Å². The van der Waals surface area contributed by atoms with E-state index in [0.29, 0.717) is 6.04 Å². The fourth-order valence-electron chi connectivity index (χ4n) is 2.19. The van der Waals surface area contributed by atoms with Gasteiger partial charge in [-0.2, -0.15) is 0 Å². The first kappa shape index (κ1) is 15.6. The van der Waals surface area contributed by atoms with Crippen LogP contribution >= 0.6 is 11.3 Å². The van der Waals surface area contributed by atoms with Gasteiger partial charge in [0.2, 0.25) is 0 Å². The van der Waals surface area contributed by atoms with Crippen molar-refractivity contribution in [2.75, 3.05) is 20.1 Å². The minimum absolute atomic E-state index is 0.267. The van der Waals surface area contributed by atoms with Crippen molar-refractivity contribution in [2.45, 2.75) is 47.2 Å². The number of hydrogen-bond acceptors (Lipinski definition) is 4. The smallest absolute Gasteiger partial charge is 0.0798 e. The maximum absolute atomic E-state index is 4.31. The maximum atomic E-state index is 4.31. The van der Waals surface area contributed by atoms with E-state index in [9.17, 15) is 0 Å². The second kappa shape index (κ2) is 6.64. The molecule has 4 heteroatoms. The van der Waals surface area contributed by atoms with Gasteiger partial charge >= 0.3 is 0 Å². The zero-order valence-corrected chi connectivity index (χ0v) is 13.4. The van der Waals surface area contributed by atoms with Gasteiger partial charge in [0.25, 0.3) is 0 Å². The quantitative estimate of drug-likeness (QED) is 0.825. The first-order valence-electron chi connectivity index (χ1n) is 6.67. The van der Waals surface area contributed by atoms with Gasteiger partial charge in [-0.15, -0.1) is 11.3 Å². The Morgan fingerprint density at radius 1 is 1.50 bits per heavy atom. The standard InChI is InChI=1S/C14H27N3S/c1-7-15-12(3)14(4,5)9-17(6)8-13-11(2)16-10-18-13/h10,12,15H,7-9H2,1-6H3. The zero-order chi connectivity index (χ0) is 13.8. The molecule has 0 saturated carbocycles. The van der Waals surface area contributed by atoms with E-state index in [2.05, 4.69) is 56.9 Å². The van der Waals surface area contributed by atoms with Crippen LogP contribution < -0.4 is 5.32 Å². The Bertz CT molecular complexity index is 360. The van der Waals surface area contributed by atoms with Crippen molar-refractivity contribution in [1.29, 1.82) is 0 Å². The van der Waals surface area contributed by atoms with E-state index in [1.165, 1.54) is 10.6 Å². The van der Waals surface area contributed by atoms with Crippen molar-refractivity contribution in [1.82, 2.24) is 15.2 Å². The fraction of sp³-hybridized carbons (Fsp3) is 0.786. The Kier molecular flexibility index (Phi) is 5.76. The number of nitrogens with zero attached hydrogens (tertiary/aromatic N) is 2. The molecule has 1 N–H and O–H groups in total. The Labute approximate surface area is 116 Å². The summed E-state index contributed by atoms with van der Waals surface area (Å²) in [6, 6.07) is 0.521. The second-order valence-electron chi connectivity index (χ2n) is 5.80. The number of thiazole rings is 1. The first-order valence-corrected chi connectivity index (χ1v) is 7.55. The molecule has 0 aromatic carbocycles. The Morgan fingerprint density at radius 3 is 2.67 bits per heavy atom. The molecule has 1 aromatic rings. The molecule has 0 fully saturated rings. The third-order valence-corrected chi connectivity index (χ3v) is 4.54. The molecular formula is C14H27N3S. The largest absolute Gasteiger partial charge is 0.314 e. The molecule has 1 aromatic heterocycles. The highest BCUT2D eigenvalue weighted by atomic mass is 32.1. The highest BCUT2D eigenvalue weighted by molar-refractivity contribution is 7.09. The second-order valence-corrected chi connectivity index (χ2v) is 6.74. The van der Waals surface area contributed by atoms with Gasteiger partial charge in [-0.1, -0.05) is 20.8 Å². The SMILES string of the molecule is CCNC(C)C(C)(C)CN(C)Cc1scnc1C. The lowest BCUT2D eigenvalue weighted by atomic mass is 9.85. The number of aryl methyl sites for hydroxylation is 1. The molecule has 0 saturated heterocycles. The summed E-state index contributed by atoms with van der Waals surface area (Å²) in [5.41, 5.74) is 3.37. The summed E-state index contributed by atoms with van der Waals surface area (Å²) < 4.78 is 0. The minimum Gasteiger partial charge on any atom is -0.314 e. The van der Waals surface area contributed by atoms with E-state index in [-0.39, 0.29) is 5.41 Å². The van der Waals surface area contributed by atoms with Gasteiger partial charge in [0, 0.05) is 24.0 Å². The van der Waals surface area contributed by atoms with E-state index in [0.717, 1.165) is 19.6 Å². The van der Waals surface area contributed by atoms with Crippen molar-refractivity contribution in [3.63, 3.8) is 0 Å². The Hall–Kier alpha value is -0.450. The molecule has 1 unspecified atom stereocenters. The molecule has 18 heavy (non-hydrogen) atoms. The lowest BCUT2D eigenvalue weighted by molar-refractivity contribution is 0.161. The lowest BCUT2D eigenvalue weighted by Crippen LogP contribution is -2.45. The molecule has 1 rings (SSSR count). The molecule has 0 aliphatic carbocycles. The fourth-order valence-corrected chi connectivity index (χ4v) is 3.05. The van der Waals surface area contributed by atoms with Crippen LogP contribution in [-0.4, -0.2) is 36.1 Å². The van der Waals surface area contributed by atoms with Gasteiger partial charge in [-0.25, -0.2) is 4.98 Å². The van der Waals surface area contributed by atoms with E-state index in [4.69, 9.17) is 0 Å². The monoisotopic (exact) mass is 269 g/mol. The molecule has 0 spiro atoms. The van der Waals surface area contributed by atoms with Gasteiger partial charge in [0.05, 0.1) is 11.2 Å². The molecule has 0 amide bonds. The van der Waals surface area contributed by atoms with Crippen LogP contribution in [-0.2, 0) is 6.54 Å². The molecular weight excluding hydrogens is 242 g/mol. The molecule has 3 nitrogen and oxygen atoms in total. The molecule has 0 bridgehead atoms. The van der Waals surface area contributed by atoms with E-state index in [1.807, 2.05) is 5.51 Å². The predicted octanol–water partition coefficient (Wildman–Crippen LogP) is 2.91. The van der Waals surface area contributed by atoms with Gasteiger partial charge in [-0.05, 0) is 32.9 Å². The van der Waals surface area contributed by atoms with Crippen LogP contribution in [0.5, 0.6) is 0 Å². The van der Waals surface area contributed by atoms with Gasteiger partial charge in [0.15, 0.2) is 0 Å². The van der Waals surface area contributed by atoms with Crippen molar-refractivity contribution in [3.8, 4) is 0 Å². The number of nitrogens with one attached hydrogen (secondary N) is 1.